The minimum absolute atomic E-state index is 0.451. The number of hydrogen-bond donors (Lipinski definition) is 1. The highest BCUT2D eigenvalue weighted by Crippen LogP contribution is 2.17. The van der Waals surface area contributed by atoms with Crippen LogP contribution in [-0.2, 0) is 0 Å². The Bertz CT molecular complexity index is 99.5. The third-order valence-corrected chi connectivity index (χ3v) is 0.884. The van der Waals surface area contributed by atoms with Crippen LogP contribution in [-0.4, -0.2) is 25.7 Å². The molecule has 0 aromatic carbocycles. The first kappa shape index (κ1) is 10.6. The van der Waals surface area contributed by atoms with E-state index >= 15 is 0 Å². The summed E-state index contributed by atoms with van der Waals surface area (Å²) in [6.07, 6.45) is -7.93. The van der Waals surface area contributed by atoms with Crippen LogP contribution in [0.15, 0.2) is 0 Å². The second-order valence-electron chi connectivity index (χ2n) is 1.96. The Kier molecular flexibility index (Phi) is 4.32. The zero-order valence-electron chi connectivity index (χ0n) is 5.59. The molecule has 0 heterocycles. The van der Waals surface area contributed by atoms with Crippen molar-refractivity contribution in [1.82, 2.24) is 5.32 Å². The molecule has 0 spiro atoms. The van der Waals surface area contributed by atoms with Gasteiger partial charge in [0.05, 0.1) is 13.0 Å². The molecule has 0 saturated carbocycles. The van der Waals surface area contributed by atoms with E-state index < -0.39 is 32.1 Å². The Morgan fingerprint density at radius 3 is 2.09 bits per heavy atom. The molecule has 0 aromatic heterocycles. The molecule has 0 rings (SSSR count). The third kappa shape index (κ3) is 9.61. The lowest BCUT2D eigenvalue weighted by Crippen LogP contribution is -2.26. The molecule has 1 nitrogen and oxygen atoms in total. The molecule has 0 unspecified atom stereocenters. The normalized spacial score (nSPS) is 12.5. The van der Waals surface area contributed by atoms with E-state index in [-0.39, 0.29) is 0 Å². The fraction of sp³-hybridized carbons (Fsp3) is 1.00. The predicted molar refractivity (Wildman–Crippen MR) is 29.5 cm³/mol. The Labute approximate surface area is 60.6 Å². The van der Waals surface area contributed by atoms with E-state index in [0.29, 0.717) is 0 Å². The minimum Gasteiger partial charge on any atom is -0.311 e. The van der Waals surface area contributed by atoms with Crippen LogP contribution in [0.2, 0.25) is 0 Å². The van der Waals surface area contributed by atoms with Crippen molar-refractivity contribution in [2.75, 3.05) is 13.1 Å². The van der Waals surface area contributed by atoms with Gasteiger partial charge in [-0.05, 0) is 0 Å². The Hall–Kier alpha value is -0.390. The largest absolute Gasteiger partial charge is 0.390 e. The van der Waals surface area contributed by atoms with Crippen molar-refractivity contribution in [2.45, 2.75) is 19.0 Å². The SMILES string of the molecule is FC(F)CNCCC(F)(F)F. The molecule has 0 aliphatic heterocycles. The molecule has 0 radical (unpaired) electrons. The number of rotatable bonds is 4. The van der Waals surface area contributed by atoms with Gasteiger partial charge in [-0.1, -0.05) is 0 Å². The van der Waals surface area contributed by atoms with Crippen molar-refractivity contribution in [3.8, 4) is 0 Å². The van der Waals surface area contributed by atoms with Gasteiger partial charge in [-0.3, -0.25) is 0 Å². The lowest BCUT2D eigenvalue weighted by molar-refractivity contribution is -0.133. The van der Waals surface area contributed by atoms with Gasteiger partial charge in [-0.25, -0.2) is 8.78 Å². The Morgan fingerprint density at radius 2 is 1.73 bits per heavy atom. The first-order valence-corrected chi connectivity index (χ1v) is 2.97. The topological polar surface area (TPSA) is 12.0 Å². The first-order valence-electron chi connectivity index (χ1n) is 2.97. The molecule has 0 aliphatic carbocycles. The predicted octanol–water partition coefficient (Wildman–Crippen LogP) is 1.79. The second kappa shape index (κ2) is 4.48. The van der Waals surface area contributed by atoms with E-state index in [1.807, 2.05) is 5.32 Å². The fourth-order valence-electron chi connectivity index (χ4n) is 0.441. The molecular weight excluding hydrogens is 169 g/mol. The second-order valence-corrected chi connectivity index (χ2v) is 1.96. The molecule has 68 valence electrons. The molecule has 11 heavy (non-hydrogen) atoms. The summed E-state index contributed by atoms with van der Waals surface area (Å²) in [6.45, 7) is -1.13. The number of hydrogen-bond acceptors (Lipinski definition) is 1. The average Bonchev–Trinajstić information content (AvgIpc) is 1.78. The van der Waals surface area contributed by atoms with Crippen LogP contribution in [0.25, 0.3) is 0 Å². The third-order valence-electron chi connectivity index (χ3n) is 0.884. The first-order chi connectivity index (χ1) is 4.92. The Balaban J connectivity index is 3.15. The van der Waals surface area contributed by atoms with Crippen molar-refractivity contribution in [1.29, 1.82) is 0 Å². The molecule has 6 heteroatoms. The van der Waals surface area contributed by atoms with Gasteiger partial charge in [0.1, 0.15) is 0 Å². The molecule has 0 aromatic rings. The lowest BCUT2D eigenvalue weighted by Gasteiger charge is -2.06. The number of halogens is 5. The van der Waals surface area contributed by atoms with Gasteiger partial charge >= 0.3 is 6.18 Å². The molecule has 0 amide bonds. The van der Waals surface area contributed by atoms with Crippen LogP contribution in [0.1, 0.15) is 6.42 Å². The van der Waals surface area contributed by atoms with Crippen molar-refractivity contribution in [2.24, 2.45) is 0 Å². The quantitative estimate of drug-likeness (QED) is 0.510. The van der Waals surface area contributed by atoms with Gasteiger partial charge in [-0.2, -0.15) is 13.2 Å². The summed E-state index contributed by atoms with van der Waals surface area (Å²) in [4.78, 5) is 0. The van der Waals surface area contributed by atoms with Crippen molar-refractivity contribution in [3.05, 3.63) is 0 Å². The highest BCUT2D eigenvalue weighted by molar-refractivity contribution is 4.54. The van der Waals surface area contributed by atoms with Gasteiger partial charge < -0.3 is 5.32 Å². The monoisotopic (exact) mass is 177 g/mol. The van der Waals surface area contributed by atoms with Gasteiger partial charge in [-0.15, -0.1) is 0 Å². The molecule has 0 saturated heterocycles. The molecule has 0 aliphatic rings. The Morgan fingerprint density at radius 1 is 1.18 bits per heavy atom. The van der Waals surface area contributed by atoms with Crippen molar-refractivity contribution in [3.63, 3.8) is 0 Å². The van der Waals surface area contributed by atoms with Crippen LogP contribution in [0.4, 0.5) is 22.0 Å². The molecular formula is C5H8F5N. The molecule has 0 bridgehead atoms. The maximum absolute atomic E-state index is 11.4. The molecule has 0 atom stereocenters. The van der Waals surface area contributed by atoms with E-state index in [9.17, 15) is 22.0 Å². The minimum atomic E-state index is -4.27. The average molecular weight is 177 g/mol. The summed E-state index contributed by atoms with van der Waals surface area (Å²) in [5.74, 6) is 0. The summed E-state index contributed by atoms with van der Waals surface area (Å²) < 4.78 is 56.7. The summed E-state index contributed by atoms with van der Waals surface area (Å²) in [7, 11) is 0. The standard InChI is InChI=1S/C5H8F5N/c6-4(7)3-11-2-1-5(8,9)10/h4,11H,1-3H2. The van der Waals surface area contributed by atoms with Gasteiger partial charge in [0.2, 0.25) is 0 Å². The summed E-state index contributed by atoms with van der Waals surface area (Å²) >= 11 is 0. The van der Waals surface area contributed by atoms with E-state index in [0.717, 1.165) is 0 Å². The zero-order valence-corrected chi connectivity index (χ0v) is 5.59. The van der Waals surface area contributed by atoms with Gasteiger partial charge in [0, 0.05) is 6.54 Å². The van der Waals surface area contributed by atoms with Crippen molar-refractivity contribution >= 4 is 0 Å². The smallest absolute Gasteiger partial charge is 0.311 e. The van der Waals surface area contributed by atoms with E-state index in [1.54, 1.807) is 0 Å². The maximum atomic E-state index is 11.4. The highest BCUT2D eigenvalue weighted by Gasteiger charge is 2.25. The highest BCUT2D eigenvalue weighted by atomic mass is 19.4. The van der Waals surface area contributed by atoms with E-state index in [4.69, 9.17) is 0 Å². The summed E-state index contributed by atoms with van der Waals surface area (Å²) in [5.41, 5.74) is 0. The van der Waals surface area contributed by atoms with Gasteiger partial charge in [0.15, 0.2) is 0 Å². The number of nitrogens with one attached hydrogen (secondary N) is 1. The van der Waals surface area contributed by atoms with E-state index in [1.165, 1.54) is 0 Å². The molecule has 1 N–H and O–H groups in total. The van der Waals surface area contributed by atoms with Crippen LogP contribution in [0.3, 0.4) is 0 Å². The summed E-state index contributed by atoms with van der Waals surface area (Å²) in [5, 5.41) is 1.97. The summed E-state index contributed by atoms with van der Waals surface area (Å²) in [6, 6.07) is 0. The lowest BCUT2D eigenvalue weighted by atomic mass is 10.4. The molecule has 0 fully saturated rings. The zero-order chi connectivity index (χ0) is 8.91. The van der Waals surface area contributed by atoms with Crippen molar-refractivity contribution < 1.29 is 22.0 Å². The number of alkyl halides is 5. The fourth-order valence-corrected chi connectivity index (χ4v) is 0.441. The van der Waals surface area contributed by atoms with Crippen LogP contribution in [0.5, 0.6) is 0 Å². The van der Waals surface area contributed by atoms with Crippen LogP contribution in [0, 0.1) is 0 Å². The maximum Gasteiger partial charge on any atom is 0.390 e. The van der Waals surface area contributed by atoms with E-state index in [2.05, 4.69) is 0 Å². The van der Waals surface area contributed by atoms with Crippen LogP contribution >= 0.6 is 0 Å². The van der Waals surface area contributed by atoms with Gasteiger partial charge in [0.25, 0.3) is 6.43 Å². The van der Waals surface area contributed by atoms with Crippen LogP contribution < -0.4 is 5.32 Å².